The van der Waals surface area contributed by atoms with Gasteiger partial charge in [-0.15, -0.1) is 0 Å². The van der Waals surface area contributed by atoms with Gasteiger partial charge in [0.05, 0.1) is 23.0 Å². The van der Waals surface area contributed by atoms with Crippen molar-refractivity contribution >= 4 is 28.3 Å². The molecule has 0 aliphatic rings. The van der Waals surface area contributed by atoms with Crippen LogP contribution in [0.1, 0.15) is 22.7 Å². The number of hydrogen-bond acceptors (Lipinski definition) is 2. The average molecular weight is 467 g/mol. The summed E-state index contributed by atoms with van der Waals surface area (Å²) in [6.07, 6.45) is 0.281. The summed E-state index contributed by atoms with van der Waals surface area (Å²) in [5.74, 6) is -1.58. The highest BCUT2D eigenvalue weighted by atomic mass is 35.5. The third-order valence-corrected chi connectivity index (χ3v) is 6.34. The molecule has 5 heteroatoms. The number of halogens is 1. The van der Waals surface area contributed by atoms with Crippen molar-refractivity contribution in [1.29, 1.82) is 0 Å². The van der Waals surface area contributed by atoms with Crippen LogP contribution in [0.2, 0.25) is 5.02 Å². The molecule has 0 saturated heterocycles. The van der Waals surface area contributed by atoms with Crippen LogP contribution < -0.4 is 0 Å². The molecule has 0 aliphatic heterocycles. The molecule has 4 nitrogen and oxygen atoms in total. The van der Waals surface area contributed by atoms with Gasteiger partial charge in [0.15, 0.2) is 0 Å². The minimum Gasteiger partial charge on any atom is -0.481 e. The molecule has 1 aromatic heterocycles. The molecule has 0 saturated carbocycles. The fraction of sp³-hybridized carbons (Fsp3) is 0.103. The molecule has 168 valence electrons. The van der Waals surface area contributed by atoms with Gasteiger partial charge in [0.1, 0.15) is 0 Å². The maximum absolute atomic E-state index is 12.4. The van der Waals surface area contributed by atoms with E-state index in [0.29, 0.717) is 10.7 Å². The number of nitrogens with zero attached hydrogens (tertiary/aromatic N) is 2. The van der Waals surface area contributed by atoms with Crippen LogP contribution in [0.25, 0.3) is 27.7 Å². The highest BCUT2D eigenvalue weighted by Crippen LogP contribution is 2.31. The van der Waals surface area contributed by atoms with Crippen LogP contribution in [0.4, 0.5) is 0 Å². The average Bonchev–Trinajstić information content (AvgIpc) is 3.27. The number of rotatable bonds is 6. The molecule has 0 amide bonds. The summed E-state index contributed by atoms with van der Waals surface area (Å²) in [6, 6.07) is 31.4. The number of carboxylic acid groups (broad SMARTS) is 1. The van der Waals surface area contributed by atoms with Crippen LogP contribution in [-0.4, -0.2) is 20.9 Å². The second kappa shape index (κ2) is 9.16. The van der Waals surface area contributed by atoms with Crippen molar-refractivity contribution in [1.82, 2.24) is 9.78 Å². The van der Waals surface area contributed by atoms with Crippen LogP contribution >= 0.6 is 11.6 Å². The van der Waals surface area contributed by atoms with E-state index < -0.39 is 11.9 Å². The first-order valence-electron chi connectivity index (χ1n) is 11.1. The summed E-state index contributed by atoms with van der Waals surface area (Å²) >= 11 is 6.10. The zero-order valence-electron chi connectivity index (χ0n) is 18.6. The molecule has 1 N–H and O–H groups in total. The molecule has 5 rings (SSSR count). The van der Waals surface area contributed by atoms with E-state index in [-0.39, 0.29) is 6.42 Å². The van der Waals surface area contributed by atoms with Crippen molar-refractivity contribution in [3.63, 3.8) is 0 Å². The van der Waals surface area contributed by atoms with E-state index in [4.69, 9.17) is 16.7 Å². The number of carboxylic acids is 1. The molecule has 0 spiro atoms. The lowest BCUT2D eigenvalue weighted by Gasteiger charge is -2.14. The van der Waals surface area contributed by atoms with Crippen LogP contribution in [0.15, 0.2) is 97.1 Å². The molecular formula is C29H23ClN2O2. The predicted molar refractivity (Wildman–Crippen MR) is 137 cm³/mol. The SMILES string of the molecule is Cc1ccc(-c2cc(CC(C(=O)O)c3cccc4ccccc34)nn2-c2ccc(Cl)cc2)cc1. The second-order valence-corrected chi connectivity index (χ2v) is 8.87. The van der Waals surface area contributed by atoms with Crippen LogP contribution in [-0.2, 0) is 11.2 Å². The van der Waals surface area contributed by atoms with E-state index in [9.17, 15) is 9.90 Å². The third kappa shape index (κ3) is 4.33. The Hall–Kier alpha value is -3.89. The molecule has 5 aromatic rings. The van der Waals surface area contributed by atoms with Crippen molar-refractivity contribution in [3.05, 3.63) is 119 Å². The second-order valence-electron chi connectivity index (χ2n) is 8.44. The highest BCUT2D eigenvalue weighted by Gasteiger charge is 2.24. The van der Waals surface area contributed by atoms with Gasteiger partial charge < -0.3 is 5.11 Å². The van der Waals surface area contributed by atoms with Crippen molar-refractivity contribution in [2.45, 2.75) is 19.3 Å². The summed E-state index contributed by atoms with van der Waals surface area (Å²) in [7, 11) is 0. The zero-order chi connectivity index (χ0) is 23.7. The minimum atomic E-state index is -0.866. The predicted octanol–water partition coefficient (Wildman–Crippen LogP) is 7.07. The minimum absolute atomic E-state index is 0.281. The quantitative estimate of drug-likeness (QED) is 0.291. The first-order chi connectivity index (χ1) is 16.5. The van der Waals surface area contributed by atoms with Crippen LogP contribution in [0.3, 0.4) is 0 Å². The summed E-state index contributed by atoms with van der Waals surface area (Å²) in [4.78, 5) is 12.4. The number of fused-ring (bicyclic) bond motifs is 1. The first kappa shape index (κ1) is 21.9. The molecule has 0 aliphatic carbocycles. The van der Waals surface area contributed by atoms with E-state index in [2.05, 4.69) is 24.3 Å². The molecule has 0 radical (unpaired) electrons. The molecule has 1 atom stereocenters. The smallest absolute Gasteiger partial charge is 0.311 e. The Balaban J connectivity index is 1.60. The van der Waals surface area contributed by atoms with Gasteiger partial charge in [0.2, 0.25) is 0 Å². The molecular weight excluding hydrogens is 444 g/mol. The maximum atomic E-state index is 12.4. The molecule has 1 unspecified atom stereocenters. The van der Waals surface area contributed by atoms with E-state index in [0.717, 1.165) is 33.3 Å². The van der Waals surface area contributed by atoms with Gasteiger partial charge in [-0.2, -0.15) is 5.10 Å². The Morgan fingerprint density at radius 1 is 0.941 bits per heavy atom. The van der Waals surface area contributed by atoms with E-state index in [1.165, 1.54) is 5.56 Å². The summed E-state index contributed by atoms with van der Waals surface area (Å²) in [5.41, 5.74) is 5.46. The Kier molecular flexibility index (Phi) is 5.91. The number of aromatic nitrogens is 2. The molecule has 0 bridgehead atoms. The van der Waals surface area contributed by atoms with Gasteiger partial charge >= 0.3 is 5.97 Å². The topological polar surface area (TPSA) is 55.1 Å². The summed E-state index contributed by atoms with van der Waals surface area (Å²) < 4.78 is 1.86. The zero-order valence-corrected chi connectivity index (χ0v) is 19.4. The van der Waals surface area contributed by atoms with Gasteiger partial charge in [-0.05, 0) is 53.6 Å². The summed E-state index contributed by atoms with van der Waals surface area (Å²) in [6.45, 7) is 2.05. The van der Waals surface area contributed by atoms with Gasteiger partial charge in [-0.25, -0.2) is 4.68 Å². The Morgan fingerprint density at radius 3 is 2.38 bits per heavy atom. The first-order valence-corrected chi connectivity index (χ1v) is 11.5. The number of aliphatic carboxylic acids is 1. The Bertz CT molecular complexity index is 1400. The van der Waals surface area contributed by atoms with Crippen molar-refractivity contribution in [2.75, 3.05) is 0 Å². The standard InChI is InChI=1S/C29H23ClN2O2/c1-19-9-11-21(12-10-19)28-18-23(31-32(28)24-15-13-22(30)14-16-24)17-27(29(33)34)26-8-4-6-20-5-2-3-7-25(20)26/h2-16,18,27H,17H2,1H3,(H,33,34). The summed E-state index contributed by atoms with van der Waals surface area (Å²) in [5, 5.41) is 17.6. The van der Waals surface area contributed by atoms with Crippen molar-refractivity contribution < 1.29 is 9.90 Å². The van der Waals surface area contributed by atoms with Gasteiger partial charge in [0.25, 0.3) is 0 Å². The Labute approximate surface area is 203 Å². The Morgan fingerprint density at radius 2 is 1.65 bits per heavy atom. The van der Waals surface area contributed by atoms with Crippen molar-refractivity contribution in [2.24, 2.45) is 0 Å². The fourth-order valence-corrected chi connectivity index (χ4v) is 4.46. The van der Waals surface area contributed by atoms with Gasteiger partial charge in [0, 0.05) is 17.0 Å². The lowest BCUT2D eigenvalue weighted by Crippen LogP contribution is -2.15. The molecule has 4 aromatic carbocycles. The lowest BCUT2D eigenvalue weighted by atomic mass is 9.90. The number of aryl methyl sites for hydroxylation is 1. The maximum Gasteiger partial charge on any atom is 0.311 e. The van der Waals surface area contributed by atoms with Crippen LogP contribution in [0, 0.1) is 6.92 Å². The molecule has 0 fully saturated rings. The number of benzene rings is 4. The molecule has 34 heavy (non-hydrogen) atoms. The van der Waals surface area contributed by atoms with E-state index in [1.807, 2.05) is 84.4 Å². The van der Waals surface area contributed by atoms with Gasteiger partial charge in [-0.1, -0.05) is 83.9 Å². The van der Waals surface area contributed by atoms with E-state index >= 15 is 0 Å². The number of hydrogen-bond donors (Lipinski definition) is 1. The van der Waals surface area contributed by atoms with E-state index in [1.54, 1.807) is 0 Å². The monoisotopic (exact) mass is 466 g/mol. The largest absolute Gasteiger partial charge is 0.481 e. The van der Waals surface area contributed by atoms with Crippen molar-refractivity contribution in [3.8, 4) is 16.9 Å². The fourth-order valence-electron chi connectivity index (χ4n) is 4.33. The molecule has 1 heterocycles. The lowest BCUT2D eigenvalue weighted by molar-refractivity contribution is -0.138. The number of carbonyl (C=O) groups is 1. The van der Waals surface area contributed by atoms with Crippen LogP contribution in [0.5, 0.6) is 0 Å². The highest BCUT2D eigenvalue weighted by molar-refractivity contribution is 6.30. The normalized spacial score (nSPS) is 12.1. The van der Waals surface area contributed by atoms with Gasteiger partial charge in [-0.3, -0.25) is 4.79 Å². The third-order valence-electron chi connectivity index (χ3n) is 6.09.